The first-order valence-corrected chi connectivity index (χ1v) is 6.72. The third-order valence-electron chi connectivity index (χ3n) is 3.87. The fourth-order valence-corrected chi connectivity index (χ4v) is 2.91. The standard InChI is InChI=1S/C15H21NO2/c1-12-6-5-9-14(12)16(11-10-15(17)18)13-7-3-2-4-8-13/h2-4,7-8,12,14H,5-6,9-11H2,1H3,(H,17,18). The number of benzene rings is 1. The minimum Gasteiger partial charge on any atom is -0.481 e. The van der Waals surface area contributed by atoms with E-state index in [-0.39, 0.29) is 6.42 Å². The van der Waals surface area contributed by atoms with Crippen molar-refractivity contribution in [1.82, 2.24) is 0 Å². The van der Waals surface area contributed by atoms with E-state index in [4.69, 9.17) is 5.11 Å². The van der Waals surface area contributed by atoms with Gasteiger partial charge in [-0.1, -0.05) is 31.5 Å². The number of rotatable bonds is 5. The summed E-state index contributed by atoms with van der Waals surface area (Å²) in [6.07, 6.45) is 3.89. The van der Waals surface area contributed by atoms with Crippen LogP contribution in [0, 0.1) is 5.92 Å². The van der Waals surface area contributed by atoms with E-state index < -0.39 is 5.97 Å². The Hall–Kier alpha value is -1.51. The number of carboxylic acids is 1. The van der Waals surface area contributed by atoms with Crippen LogP contribution in [0.15, 0.2) is 30.3 Å². The first-order valence-electron chi connectivity index (χ1n) is 6.72. The highest BCUT2D eigenvalue weighted by atomic mass is 16.4. The van der Waals surface area contributed by atoms with E-state index in [0.29, 0.717) is 18.5 Å². The fraction of sp³-hybridized carbons (Fsp3) is 0.533. The Labute approximate surface area is 108 Å². The van der Waals surface area contributed by atoms with Gasteiger partial charge in [0.05, 0.1) is 6.42 Å². The quantitative estimate of drug-likeness (QED) is 0.869. The minimum absolute atomic E-state index is 0.206. The van der Waals surface area contributed by atoms with Gasteiger partial charge < -0.3 is 10.0 Å². The van der Waals surface area contributed by atoms with E-state index in [0.717, 1.165) is 5.69 Å². The van der Waals surface area contributed by atoms with Gasteiger partial charge in [0.2, 0.25) is 0 Å². The summed E-state index contributed by atoms with van der Waals surface area (Å²) in [4.78, 5) is 13.1. The number of hydrogen-bond donors (Lipinski definition) is 1. The smallest absolute Gasteiger partial charge is 0.305 e. The summed E-state index contributed by atoms with van der Waals surface area (Å²) in [7, 11) is 0. The molecule has 1 N–H and O–H groups in total. The number of aliphatic carboxylic acids is 1. The Morgan fingerprint density at radius 2 is 2.06 bits per heavy atom. The molecule has 3 heteroatoms. The predicted octanol–water partition coefficient (Wildman–Crippen LogP) is 3.16. The van der Waals surface area contributed by atoms with Crippen molar-refractivity contribution < 1.29 is 9.90 Å². The van der Waals surface area contributed by atoms with Gasteiger partial charge in [0.25, 0.3) is 0 Å². The first kappa shape index (κ1) is 12.9. The zero-order valence-corrected chi connectivity index (χ0v) is 10.9. The molecule has 0 amide bonds. The van der Waals surface area contributed by atoms with Crippen molar-refractivity contribution in [2.75, 3.05) is 11.4 Å². The van der Waals surface area contributed by atoms with Crippen molar-refractivity contribution in [2.45, 2.75) is 38.6 Å². The first-order chi connectivity index (χ1) is 8.68. The second kappa shape index (κ2) is 5.89. The van der Waals surface area contributed by atoms with Gasteiger partial charge in [-0.3, -0.25) is 4.79 Å². The summed E-state index contributed by atoms with van der Waals surface area (Å²) in [6, 6.07) is 10.7. The van der Waals surface area contributed by atoms with Crippen molar-refractivity contribution in [2.24, 2.45) is 5.92 Å². The van der Waals surface area contributed by atoms with E-state index in [1.54, 1.807) is 0 Å². The number of nitrogens with zero attached hydrogens (tertiary/aromatic N) is 1. The third-order valence-corrected chi connectivity index (χ3v) is 3.87. The van der Waals surface area contributed by atoms with Crippen LogP contribution < -0.4 is 4.90 Å². The molecule has 0 spiro atoms. The molecule has 98 valence electrons. The molecule has 0 radical (unpaired) electrons. The van der Waals surface area contributed by atoms with Crippen LogP contribution in [0.1, 0.15) is 32.6 Å². The second-order valence-corrected chi connectivity index (χ2v) is 5.15. The largest absolute Gasteiger partial charge is 0.481 e. The normalized spacial score (nSPS) is 22.9. The molecule has 1 aliphatic carbocycles. The Bertz CT molecular complexity index is 391. The van der Waals surface area contributed by atoms with Gasteiger partial charge in [-0.25, -0.2) is 0 Å². The molecule has 1 aliphatic rings. The number of hydrogen-bond acceptors (Lipinski definition) is 2. The monoisotopic (exact) mass is 247 g/mol. The second-order valence-electron chi connectivity index (χ2n) is 5.15. The molecule has 0 aromatic heterocycles. The van der Waals surface area contributed by atoms with Gasteiger partial charge in [-0.05, 0) is 30.9 Å². The van der Waals surface area contributed by atoms with Crippen molar-refractivity contribution >= 4 is 11.7 Å². The average Bonchev–Trinajstić information content (AvgIpc) is 2.77. The summed E-state index contributed by atoms with van der Waals surface area (Å²) in [5.41, 5.74) is 1.15. The lowest BCUT2D eigenvalue weighted by molar-refractivity contribution is -0.136. The van der Waals surface area contributed by atoms with Gasteiger partial charge in [0.1, 0.15) is 0 Å². The van der Waals surface area contributed by atoms with Gasteiger partial charge in [0, 0.05) is 18.3 Å². The lowest BCUT2D eigenvalue weighted by Crippen LogP contribution is -2.38. The van der Waals surface area contributed by atoms with E-state index in [1.807, 2.05) is 18.2 Å². The molecule has 0 bridgehead atoms. The molecule has 1 aromatic rings. The van der Waals surface area contributed by atoms with Crippen molar-refractivity contribution in [3.63, 3.8) is 0 Å². The molecule has 2 atom stereocenters. The molecule has 1 saturated carbocycles. The number of anilines is 1. The molecule has 3 nitrogen and oxygen atoms in total. The van der Waals surface area contributed by atoms with Crippen molar-refractivity contribution in [3.05, 3.63) is 30.3 Å². The van der Waals surface area contributed by atoms with Crippen LogP contribution in [0.5, 0.6) is 0 Å². The average molecular weight is 247 g/mol. The minimum atomic E-state index is -0.721. The molecule has 0 heterocycles. The van der Waals surface area contributed by atoms with Crippen LogP contribution in [-0.4, -0.2) is 23.7 Å². The highest BCUT2D eigenvalue weighted by molar-refractivity contribution is 5.67. The van der Waals surface area contributed by atoms with E-state index in [1.165, 1.54) is 19.3 Å². The molecular formula is C15H21NO2. The Balaban J connectivity index is 2.14. The summed E-state index contributed by atoms with van der Waals surface area (Å²) >= 11 is 0. The molecule has 18 heavy (non-hydrogen) atoms. The van der Waals surface area contributed by atoms with Gasteiger partial charge >= 0.3 is 5.97 Å². The van der Waals surface area contributed by atoms with Gasteiger partial charge in [-0.2, -0.15) is 0 Å². The van der Waals surface area contributed by atoms with Crippen LogP contribution in [0.3, 0.4) is 0 Å². The molecule has 1 fully saturated rings. The topological polar surface area (TPSA) is 40.5 Å². The molecule has 0 aliphatic heterocycles. The summed E-state index contributed by atoms with van der Waals surface area (Å²) in [5, 5.41) is 8.89. The number of para-hydroxylation sites is 1. The van der Waals surface area contributed by atoms with Crippen LogP contribution >= 0.6 is 0 Å². The lowest BCUT2D eigenvalue weighted by Gasteiger charge is -2.33. The third kappa shape index (κ3) is 3.03. The summed E-state index contributed by atoms with van der Waals surface area (Å²) in [6.45, 7) is 2.88. The molecule has 2 unspecified atom stereocenters. The number of carbonyl (C=O) groups is 1. The maximum atomic E-state index is 10.8. The Morgan fingerprint density at radius 1 is 1.33 bits per heavy atom. The van der Waals surface area contributed by atoms with E-state index >= 15 is 0 Å². The predicted molar refractivity (Wildman–Crippen MR) is 72.8 cm³/mol. The molecular weight excluding hydrogens is 226 g/mol. The van der Waals surface area contributed by atoms with Gasteiger partial charge in [-0.15, -0.1) is 0 Å². The highest BCUT2D eigenvalue weighted by Gasteiger charge is 2.29. The van der Waals surface area contributed by atoms with Crippen LogP contribution in [0.25, 0.3) is 0 Å². The van der Waals surface area contributed by atoms with Crippen LogP contribution in [0.4, 0.5) is 5.69 Å². The van der Waals surface area contributed by atoms with Crippen molar-refractivity contribution in [1.29, 1.82) is 0 Å². The van der Waals surface area contributed by atoms with E-state index in [2.05, 4.69) is 24.0 Å². The zero-order valence-electron chi connectivity index (χ0n) is 10.9. The fourth-order valence-electron chi connectivity index (χ4n) is 2.91. The molecule has 2 rings (SSSR count). The van der Waals surface area contributed by atoms with Crippen molar-refractivity contribution in [3.8, 4) is 0 Å². The SMILES string of the molecule is CC1CCCC1N(CCC(=O)O)c1ccccc1. The maximum Gasteiger partial charge on any atom is 0.305 e. The highest BCUT2D eigenvalue weighted by Crippen LogP contribution is 2.32. The summed E-state index contributed by atoms with van der Waals surface area (Å²) < 4.78 is 0. The van der Waals surface area contributed by atoms with Crippen LogP contribution in [-0.2, 0) is 4.79 Å². The van der Waals surface area contributed by atoms with Crippen LogP contribution in [0.2, 0.25) is 0 Å². The van der Waals surface area contributed by atoms with E-state index in [9.17, 15) is 4.79 Å². The zero-order chi connectivity index (χ0) is 13.0. The lowest BCUT2D eigenvalue weighted by atomic mass is 10.0. The molecule has 0 saturated heterocycles. The summed E-state index contributed by atoms with van der Waals surface area (Å²) in [5.74, 6) is -0.0689. The Morgan fingerprint density at radius 3 is 2.61 bits per heavy atom. The number of carboxylic acid groups (broad SMARTS) is 1. The maximum absolute atomic E-state index is 10.8. The molecule has 1 aromatic carbocycles. The van der Waals surface area contributed by atoms with Gasteiger partial charge in [0.15, 0.2) is 0 Å². The Kier molecular flexibility index (Phi) is 4.24.